The zero-order valence-electron chi connectivity index (χ0n) is 14.7. The van der Waals surface area contributed by atoms with Crippen LogP contribution in [0, 0.1) is 5.82 Å². The summed E-state index contributed by atoms with van der Waals surface area (Å²) in [5.41, 5.74) is 0.927. The van der Waals surface area contributed by atoms with Gasteiger partial charge in [0.1, 0.15) is 11.6 Å². The number of halogens is 1. The first-order valence-electron chi connectivity index (χ1n) is 8.61. The number of benzene rings is 1. The quantitative estimate of drug-likeness (QED) is 0.779. The molecule has 138 valence electrons. The van der Waals surface area contributed by atoms with E-state index in [1.807, 2.05) is 6.07 Å². The highest BCUT2D eigenvalue weighted by Gasteiger charge is 2.15. The van der Waals surface area contributed by atoms with Crippen LogP contribution in [0.5, 0.6) is 5.88 Å². The van der Waals surface area contributed by atoms with Gasteiger partial charge in [-0.2, -0.15) is 9.97 Å². The molecule has 0 spiro atoms. The number of hydrogen-bond acceptors (Lipinski definition) is 5. The SMILES string of the molecule is COc1cc(N2CCCCC2)nc(NC(=S)NCc2ccc(F)cc2)n1. The van der Waals surface area contributed by atoms with Gasteiger partial charge in [-0.15, -0.1) is 0 Å². The van der Waals surface area contributed by atoms with E-state index >= 15 is 0 Å². The van der Waals surface area contributed by atoms with Gasteiger partial charge in [0, 0.05) is 25.7 Å². The van der Waals surface area contributed by atoms with Crippen molar-refractivity contribution in [2.75, 3.05) is 30.4 Å². The van der Waals surface area contributed by atoms with Gasteiger partial charge in [-0.05, 0) is 49.2 Å². The first-order valence-corrected chi connectivity index (χ1v) is 9.02. The Bertz CT molecular complexity index is 750. The van der Waals surface area contributed by atoms with E-state index in [4.69, 9.17) is 17.0 Å². The molecule has 1 aliphatic heterocycles. The number of aromatic nitrogens is 2. The summed E-state index contributed by atoms with van der Waals surface area (Å²) in [4.78, 5) is 11.1. The lowest BCUT2D eigenvalue weighted by Gasteiger charge is -2.28. The smallest absolute Gasteiger partial charge is 0.234 e. The molecule has 2 heterocycles. The van der Waals surface area contributed by atoms with E-state index in [9.17, 15) is 4.39 Å². The van der Waals surface area contributed by atoms with Crippen LogP contribution in [0.2, 0.25) is 0 Å². The van der Waals surface area contributed by atoms with E-state index in [0.29, 0.717) is 23.5 Å². The lowest BCUT2D eigenvalue weighted by molar-refractivity contribution is 0.397. The number of nitrogens with zero attached hydrogens (tertiary/aromatic N) is 3. The number of piperidine rings is 1. The first-order chi connectivity index (χ1) is 12.6. The van der Waals surface area contributed by atoms with E-state index in [0.717, 1.165) is 37.3 Å². The van der Waals surface area contributed by atoms with E-state index in [-0.39, 0.29) is 5.82 Å². The van der Waals surface area contributed by atoms with Crippen molar-refractivity contribution in [3.63, 3.8) is 0 Å². The van der Waals surface area contributed by atoms with Crippen molar-refractivity contribution >= 4 is 29.1 Å². The summed E-state index contributed by atoms with van der Waals surface area (Å²) < 4.78 is 18.2. The number of anilines is 2. The van der Waals surface area contributed by atoms with Crippen LogP contribution >= 0.6 is 12.2 Å². The third kappa shape index (κ3) is 5.01. The fraction of sp³-hybridized carbons (Fsp3) is 0.389. The van der Waals surface area contributed by atoms with Crippen LogP contribution in [-0.4, -0.2) is 35.3 Å². The van der Waals surface area contributed by atoms with Crippen LogP contribution in [0.25, 0.3) is 0 Å². The van der Waals surface area contributed by atoms with Crippen molar-refractivity contribution in [3.8, 4) is 5.88 Å². The molecule has 0 amide bonds. The summed E-state index contributed by atoms with van der Waals surface area (Å²) in [5.74, 6) is 1.45. The summed E-state index contributed by atoms with van der Waals surface area (Å²) in [5, 5.41) is 6.46. The summed E-state index contributed by atoms with van der Waals surface area (Å²) in [6.07, 6.45) is 3.57. The number of nitrogens with one attached hydrogen (secondary N) is 2. The van der Waals surface area contributed by atoms with Gasteiger partial charge in [-0.1, -0.05) is 12.1 Å². The Labute approximate surface area is 157 Å². The largest absolute Gasteiger partial charge is 0.481 e. The number of rotatable bonds is 5. The fourth-order valence-electron chi connectivity index (χ4n) is 2.79. The third-order valence-electron chi connectivity index (χ3n) is 4.17. The topological polar surface area (TPSA) is 62.3 Å². The lowest BCUT2D eigenvalue weighted by Crippen LogP contribution is -2.31. The van der Waals surface area contributed by atoms with Gasteiger partial charge in [-0.3, -0.25) is 0 Å². The molecule has 0 unspecified atom stereocenters. The van der Waals surface area contributed by atoms with Crippen molar-refractivity contribution in [1.82, 2.24) is 15.3 Å². The van der Waals surface area contributed by atoms with Gasteiger partial charge in [-0.25, -0.2) is 4.39 Å². The minimum atomic E-state index is -0.260. The molecule has 2 N–H and O–H groups in total. The van der Waals surface area contributed by atoms with Gasteiger partial charge in [0.05, 0.1) is 7.11 Å². The van der Waals surface area contributed by atoms with Crippen LogP contribution in [-0.2, 0) is 6.54 Å². The Morgan fingerprint density at radius 1 is 1.19 bits per heavy atom. The lowest BCUT2D eigenvalue weighted by atomic mass is 10.1. The molecule has 6 nitrogen and oxygen atoms in total. The number of methoxy groups -OCH3 is 1. The summed E-state index contributed by atoms with van der Waals surface area (Å²) in [7, 11) is 1.58. The van der Waals surface area contributed by atoms with Crippen molar-refractivity contribution < 1.29 is 9.13 Å². The number of thiocarbonyl (C=S) groups is 1. The zero-order chi connectivity index (χ0) is 18.4. The first kappa shape index (κ1) is 18.3. The molecule has 0 bridgehead atoms. The molecule has 0 atom stereocenters. The van der Waals surface area contributed by atoms with Crippen LogP contribution < -0.4 is 20.3 Å². The summed E-state index contributed by atoms with van der Waals surface area (Å²) in [6.45, 7) is 2.44. The van der Waals surface area contributed by atoms with Crippen LogP contribution in [0.3, 0.4) is 0 Å². The number of hydrogen-bond donors (Lipinski definition) is 2. The summed E-state index contributed by atoms with van der Waals surface area (Å²) >= 11 is 5.31. The molecule has 0 radical (unpaired) electrons. The average Bonchev–Trinajstić information content (AvgIpc) is 2.68. The van der Waals surface area contributed by atoms with Gasteiger partial charge in [0.25, 0.3) is 0 Å². The maximum Gasteiger partial charge on any atom is 0.234 e. The van der Waals surface area contributed by atoms with E-state index in [1.165, 1.54) is 18.6 Å². The molecule has 1 aliphatic rings. The highest BCUT2D eigenvalue weighted by Crippen LogP contribution is 2.22. The van der Waals surface area contributed by atoms with Gasteiger partial charge < -0.3 is 20.3 Å². The molecule has 0 saturated carbocycles. The van der Waals surface area contributed by atoms with Crippen molar-refractivity contribution in [1.29, 1.82) is 0 Å². The second kappa shape index (κ2) is 8.75. The molecule has 0 aliphatic carbocycles. The van der Waals surface area contributed by atoms with Gasteiger partial charge >= 0.3 is 0 Å². The molecule has 1 aromatic carbocycles. The van der Waals surface area contributed by atoms with Crippen LogP contribution in [0.4, 0.5) is 16.2 Å². The standard InChI is InChI=1S/C18H22FN5OS/c1-25-16-11-15(24-9-3-2-4-10-24)21-17(22-16)23-18(26)20-12-13-5-7-14(19)8-6-13/h5-8,11H,2-4,9-10,12H2,1H3,(H2,20,21,22,23,26). The molecule has 1 fully saturated rings. The molecular formula is C18H22FN5OS. The minimum Gasteiger partial charge on any atom is -0.481 e. The molecule has 8 heteroatoms. The second-order valence-electron chi connectivity index (χ2n) is 6.07. The Morgan fingerprint density at radius 2 is 1.92 bits per heavy atom. The molecular weight excluding hydrogens is 353 g/mol. The predicted octanol–water partition coefficient (Wildman–Crippen LogP) is 3.10. The normalized spacial score (nSPS) is 14.0. The van der Waals surface area contributed by atoms with Gasteiger partial charge in [0.15, 0.2) is 5.11 Å². The van der Waals surface area contributed by atoms with Gasteiger partial charge in [0.2, 0.25) is 11.8 Å². The molecule has 2 aromatic rings. The molecule has 1 saturated heterocycles. The highest BCUT2D eigenvalue weighted by atomic mass is 32.1. The van der Waals surface area contributed by atoms with Crippen molar-refractivity contribution in [3.05, 3.63) is 41.7 Å². The highest BCUT2D eigenvalue weighted by molar-refractivity contribution is 7.80. The fourth-order valence-corrected chi connectivity index (χ4v) is 2.95. The molecule has 26 heavy (non-hydrogen) atoms. The Balaban J connectivity index is 1.63. The van der Waals surface area contributed by atoms with Crippen LogP contribution in [0.1, 0.15) is 24.8 Å². The Hall–Kier alpha value is -2.48. The zero-order valence-corrected chi connectivity index (χ0v) is 15.5. The van der Waals surface area contributed by atoms with E-state index in [1.54, 1.807) is 19.2 Å². The second-order valence-corrected chi connectivity index (χ2v) is 6.48. The van der Waals surface area contributed by atoms with Crippen molar-refractivity contribution in [2.45, 2.75) is 25.8 Å². The Morgan fingerprint density at radius 3 is 2.62 bits per heavy atom. The number of ether oxygens (including phenoxy) is 1. The third-order valence-corrected chi connectivity index (χ3v) is 4.42. The molecule has 1 aromatic heterocycles. The maximum absolute atomic E-state index is 12.9. The minimum absolute atomic E-state index is 0.260. The monoisotopic (exact) mass is 375 g/mol. The van der Waals surface area contributed by atoms with Crippen LogP contribution in [0.15, 0.2) is 30.3 Å². The predicted molar refractivity (Wildman–Crippen MR) is 104 cm³/mol. The van der Waals surface area contributed by atoms with E-state index < -0.39 is 0 Å². The van der Waals surface area contributed by atoms with Crippen molar-refractivity contribution in [2.24, 2.45) is 0 Å². The summed E-state index contributed by atoms with van der Waals surface area (Å²) in [6, 6.07) is 8.10. The molecule has 3 rings (SSSR count). The van der Waals surface area contributed by atoms with E-state index in [2.05, 4.69) is 25.5 Å². The average molecular weight is 375 g/mol. The Kier molecular flexibility index (Phi) is 6.17. The maximum atomic E-state index is 12.9.